The number of aliphatic imine (C=N–C) groups is 2. The Morgan fingerprint density at radius 1 is 1.31 bits per heavy atom. The van der Waals surface area contributed by atoms with Crippen molar-refractivity contribution in [3.63, 3.8) is 0 Å². The first-order valence-electron chi connectivity index (χ1n) is 4.80. The van der Waals surface area contributed by atoms with Crippen LogP contribution in [-0.2, 0) is 0 Å². The van der Waals surface area contributed by atoms with Crippen LogP contribution in [0.4, 0.5) is 13.2 Å². The third-order valence-electron chi connectivity index (χ3n) is 1.46. The van der Waals surface area contributed by atoms with E-state index in [0.29, 0.717) is 6.54 Å². The molecule has 0 atom stereocenters. The van der Waals surface area contributed by atoms with Crippen molar-refractivity contribution < 1.29 is 13.2 Å². The van der Waals surface area contributed by atoms with Gasteiger partial charge in [0.05, 0.1) is 0 Å². The fourth-order valence-corrected chi connectivity index (χ4v) is 0.795. The standard InChI is InChI=1S/C8H16F3N5/c1-2-3-4-14-7(16-6(12)13)15-5-8(9,10)11/h2-5H2,1H3,(H5,12,13,14,15,16). The zero-order valence-corrected chi connectivity index (χ0v) is 9.01. The lowest BCUT2D eigenvalue weighted by Crippen LogP contribution is -2.31. The number of hydrogen-bond donors (Lipinski definition) is 3. The highest BCUT2D eigenvalue weighted by Gasteiger charge is 2.26. The summed E-state index contributed by atoms with van der Waals surface area (Å²) in [6, 6.07) is 0. The molecule has 0 spiro atoms. The van der Waals surface area contributed by atoms with Crippen LogP contribution in [0.15, 0.2) is 9.98 Å². The van der Waals surface area contributed by atoms with E-state index in [-0.39, 0.29) is 11.9 Å². The Hall–Kier alpha value is -1.47. The van der Waals surface area contributed by atoms with Crippen LogP contribution < -0.4 is 16.8 Å². The van der Waals surface area contributed by atoms with Crippen molar-refractivity contribution in [2.75, 3.05) is 13.1 Å². The van der Waals surface area contributed by atoms with Gasteiger partial charge in [-0.15, -0.1) is 0 Å². The lowest BCUT2D eigenvalue weighted by atomic mass is 10.3. The lowest BCUT2D eigenvalue weighted by Gasteiger charge is -2.06. The van der Waals surface area contributed by atoms with E-state index >= 15 is 0 Å². The molecule has 16 heavy (non-hydrogen) atoms. The molecule has 0 rings (SSSR count). The largest absolute Gasteiger partial charge is 0.408 e. The Morgan fingerprint density at radius 2 is 1.94 bits per heavy atom. The van der Waals surface area contributed by atoms with Crippen molar-refractivity contribution in [2.45, 2.75) is 25.9 Å². The summed E-state index contributed by atoms with van der Waals surface area (Å²) >= 11 is 0. The Kier molecular flexibility index (Phi) is 6.28. The van der Waals surface area contributed by atoms with Crippen molar-refractivity contribution in [2.24, 2.45) is 21.5 Å². The van der Waals surface area contributed by atoms with Crippen LogP contribution in [-0.4, -0.2) is 31.2 Å². The second-order valence-electron chi connectivity index (χ2n) is 3.07. The van der Waals surface area contributed by atoms with Crippen LogP contribution in [0.1, 0.15) is 19.8 Å². The zero-order valence-electron chi connectivity index (χ0n) is 9.01. The molecule has 0 aromatic carbocycles. The number of rotatable bonds is 4. The number of halogens is 3. The number of unbranched alkanes of at least 4 members (excludes halogenated alkanes) is 1. The molecule has 0 amide bonds. The summed E-state index contributed by atoms with van der Waals surface area (Å²) in [5.74, 6) is -0.518. The van der Waals surface area contributed by atoms with Gasteiger partial charge in [-0.3, -0.25) is 0 Å². The van der Waals surface area contributed by atoms with Gasteiger partial charge >= 0.3 is 6.18 Å². The van der Waals surface area contributed by atoms with E-state index in [9.17, 15) is 13.2 Å². The van der Waals surface area contributed by atoms with E-state index in [0.717, 1.165) is 12.8 Å². The SMILES string of the molecule is CCCCNC(N=C(N)N)=NCC(F)(F)F. The van der Waals surface area contributed by atoms with Crippen LogP contribution in [0.2, 0.25) is 0 Å². The molecule has 0 radical (unpaired) electrons. The smallest absolute Gasteiger partial charge is 0.370 e. The Balaban J connectivity index is 4.36. The minimum absolute atomic E-state index is 0.189. The van der Waals surface area contributed by atoms with Crippen LogP contribution >= 0.6 is 0 Å². The molecule has 94 valence electrons. The molecule has 0 aromatic heterocycles. The fraction of sp³-hybridized carbons (Fsp3) is 0.750. The minimum atomic E-state index is -4.36. The van der Waals surface area contributed by atoms with Crippen molar-refractivity contribution in [1.29, 1.82) is 0 Å². The molecule has 8 heteroatoms. The summed E-state index contributed by atoms with van der Waals surface area (Å²) in [6.07, 6.45) is -2.66. The maximum absolute atomic E-state index is 11.9. The van der Waals surface area contributed by atoms with Crippen LogP contribution in [0.5, 0.6) is 0 Å². The van der Waals surface area contributed by atoms with E-state index in [2.05, 4.69) is 15.3 Å². The number of nitrogens with zero attached hydrogens (tertiary/aromatic N) is 2. The average molecular weight is 239 g/mol. The Morgan fingerprint density at radius 3 is 2.38 bits per heavy atom. The molecular weight excluding hydrogens is 223 g/mol. The van der Waals surface area contributed by atoms with Gasteiger partial charge in [0.25, 0.3) is 0 Å². The molecule has 0 aliphatic rings. The van der Waals surface area contributed by atoms with Gasteiger partial charge in [-0.25, -0.2) is 4.99 Å². The highest BCUT2D eigenvalue weighted by atomic mass is 19.4. The summed E-state index contributed by atoms with van der Waals surface area (Å²) in [5, 5.41) is 2.63. The maximum Gasteiger partial charge on any atom is 0.408 e. The summed E-state index contributed by atoms with van der Waals surface area (Å²) in [5.41, 5.74) is 10.1. The van der Waals surface area contributed by atoms with E-state index in [4.69, 9.17) is 11.5 Å². The van der Waals surface area contributed by atoms with Gasteiger partial charge in [-0.1, -0.05) is 13.3 Å². The van der Waals surface area contributed by atoms with Crippen molar-refractivity contribution in [3.05, 3.63) is 0 Å². The number of alkyl halides is 3. The molecular formula is C8H16F3N5. The summed E-state index contributed by atoms with van der Waals surface area (Å²) in [6.45, 7) is 1.12. The van der Waals surface area contributed by atoms with Crippen molar-refractivity contribution >= 4 is 11.9 Å². The highest BCUT2D eigenvalue weighted by molar-refractivity contribution is 5.93. The lowest BCUT2D eigenvalue weighted by molar-refractivity contribution is -0.118. The molecule has 0 bridgehead atoms. The molecule has 0 heterocycles. The van der Waals surface area contributed by atoms with Crippen molar-refractivity contribution in [1.82, 2.24) is 5.32 Å². The highest BCUT2D eigenvalue weighted by Crippen LogP contribution is 2.14. The summed E-state index contributed by atoms with van der Waals surface area (Å²) < 4.78 is 35.7. The number of nitrogens with two attached hydrogens (primary N) is 2. The van der Waals surface area contributed by atoms with Gasteiger partial charge in [0.2, 0.25) is 5.96 Å². The van der Waals surface area contributed by atoms with Gasteiger partial charge in [0.15, 0.2) is 5.96 Å². The Labute approximate surface area is 91.8 Å². The average Bonchev–Trinajstić information content (AvgIpc) is 2.12. The first-order chi connectivity index (χ1) is 7.35. The predicted octanol–water partition coefficient (Wildman–Crippen LogP) is 0.568. The molecule has 0 aliphatic heterocycles. The second kappa shape index (κ2) is 6.91. The molecule has 0 saturated carbocycles. The Bertz CT molecular complexity index is 255. The second-order valence-corrected chi connectivity index (χ2v) is 3.07. The molecule has 5 N–H and O–H groups in total. The van der Waals surface area contributed by atoms with Crippen LogP contribution in [0.3, 0.4) is 0 Å². The van der Waals surface area contributed by atoms with E-state index in [1.165, 1.54) is 0 Å². The van der Waals surface area contributed by atoms with Crippen molar-refractivity contribution in [3.8, 4) is 0 Å². The van der Waals surface area contributed by atoms with Gasteiger partial charge in [-0.05, 0) is 6.42 Å². The van der Waals surface area contributed by atoms with Gasteiger partial charge in [0.1, 0.15) is 6.54 Å². The monoisotopic (exact) mass is 239 g/mol. The number of guanidine groups is 2. The fourth-order valence-electron chi connectivity index (χ4n) is 0.795. The maximum atomic E-state index is 11.9. The van der Waals surface area contributed by atoms with E-state index in [1.807, 2.05) is 6.92 Å². The summed E-state index contributed by atoms with van der Waals surface area (Å²) in [7, 11) is 0. The molecule has 5 nitrogen and oxygen atoms in total. The van der Waals surface area contributed by atoms with Crippen LogP contribution in [0.25, 0.3) is 0 Å². The first-order valence-corrected chi connectivity index (χ1v) is 4.80. The number of nitrogens with one attached hydrogen (secondary N) is 1. The van der Waals surface area contributed by atoms with Gasteiger partial charge in [-0.2, -0.15) is 18.2 Å². The van der Waals surface area contributed by atoms with Gasteiger partial charge < -0.3 is 16.8 Å². The first kappa shape index (κ1) is 14.5. The molecule has 0 aromatic rings. The minimum Gasteiger partial charge on any atom is -0.370 e. The van der Waals surface area contributed by atoms with Crippen LogP contribution in [0, 0.1) is 0 Å². The predicted molar refractivity (Wildman–Crippen MR) is 57.1 cm³/mol. The zero-order chi connectivity index (χ0) is 12.6. The normalized spacial score (nSPS) is 12.4. The molecule has 0 saturated heterocycles. The van der Waals surface area contributed by atoms with E-state index in [1.54, 1.807) is 0 Å². The molecule has 0 unspecified atom stereocenters. The quantitative estimate of drug-likeness (QED) is 0.380. The third kappa shape index (κ3) is 9.10. The topological polar surface area (TPSA) is 88.8 Å². The third-order valence-corrected chi connectivity index (χ3v) is 1.46. The number of hydrogen-bond acceptors (Lipinski definition) is 1. The molecule has 0 aliphatic carbocycles. The van der Waals surface area contributed by atoms with E-state index < -0.39 is 12.7 Å². The van der Waals surface area contributed by atoms with Gasteiger partial charge in [0, 0.05) is 6.54 Å². The molecule has 0 fully saturated rings. The summed E-state index contributed by atoms with van der Waals surface area (Å²) in [4.78, 5) is 6.70.